The largest absolute Gasteiger partial charge is 0.497 e. The van der Waals surface area contributed by atoms with E-state index in [1.807, 2.05) is 24.3 Å². The Morgan fingerprint density at radius 2 is 1.67 bits per heavy atom. The second-order valence-electron chi connectivity index (χ2n) is 3.88. The van der Waals surface area contributed by atoms with Crippen LogP contribution in [-0.2, 0) is 0 Å². The molecule has 2 rings (SSSR count). The molecule has 0 heterocycles. The average Bonchev–Trinajstić information content (AvgIpc) is 2.41. The smallest absolute Gasteiger partial charge is 0.255 e. The van der Waals surface area contributed by atoms with E-state index in [1.165, 1.54) is 0 Å². The third-order valence-corrected chi connectivity index (χ3v) is 2.56. The molecular weight excluding hydrogens is 226 g/mol. The summed E-state index contributed by atoms with van der Waals surface area (Å²) in [6, 6.07) is 14.3. The zero-order chi connectivity index (χ0) is 13.0. The van der Waals surface area contributed by atoms with Crippen molar-refractivity contribution in [2.75, 3.05) is 12.4 Å². The summed E-state index contributed by atoms with van der Waals surface area (Å²) in [6.45, 7) is 3.79. The Bertz CT molecular complexity index is 529. The lowest BCUT2D eigenvalue weighted by atomic mass is 10.2. The van der Waals surface area contributed by atoms with Crippen LogP contribution in [0.25, 0.3) is 0 Å². The van der Waals surface area contributed by atoms with Crippen molar-refractivity contribution >= 4 is 11.6 Å². The molecule has 0 bridgehead atoms. The number of carbonyl (C=O) groups is 1. The van der Waals surface area contributed by atoms with Gasteiger partial charge >= 0.3 is 0 Å². The highest BCUT2D eigenvalue weighted by atomic mass is 16.5. The van der Waals surface area contributed by atoms with Crippen LogP contribution in [0.15, 0.2) is 48.5 Å². The monoisotopic (exact) mass is 240 g/mol. The van der Waals surface area contributed by atoms with Gasteiger partial charge in [-0.15, -0.1) is 0 Å². The first-order valence-electron chi connectivity index (χ1n) is 5.56. The Balaban J connectivity index is 2.09. The van der Waals surface area contributed by atoms with Gasteiger partial charge in [-0.1, -0.05) is 12.1 Å². The van der Waals surface area contributed by atoms with Crippen LogP contribution in [0.2, 0.25) is 0 Å². The van der Waals surface area contributed by atoms with Crippen molar-refractivity contribution < 1.29 is 9.53 Å². The minimum atomic E-state index is -0.144. The van der Waals surface area contributed by atoms with Gasteiger partial charge in [0.05, 0.1) is 7.11 Å². The summed E-state index contributed by atoms with van der Waals surface area (Å²) in [5, 5.41) is 2.82. The van der Waals surface area contributed by atoms with E-state index >= 15 is 0 Å². The molecule has 2 aromatic rings. The van der Waals surface area contributed by atoms with E-state index in [1.54, 1.807) is 31.4 Å². The van der Waals surface area contributed by atoms with E-state index in [0.29, 0.717) is 5.56 Å². The zero-order valence-corrected chi connectivity index (χ0v) is 10.1. The second kappa shape index (κ2) is 5.36. The number of amides is 1. The van der Waals surface area contributed by atoms with Gasteiger partial charge in [-0.3, -0.25) is 4.79 Å². The Morgan fingerprint density at radius 1 is 1.06 bits per heavy atom. The summed E-state index contributed by atoms with van der Waals surface area (Å²) in [4.78, 5) is 11.9. The van der Waals surface area contributed by atoms with Crippen molar-refractivity contribution in [3.8, 4) is 5.75 Å². The molecule has 18 heavy (non-hydrogen) atoms. The molecule has 3 heteroatoms. The Morgan fingerprint density at radius 3 is 2.22 bits per heavy atom. The molecule has 0 saturated carbocycles. The van der Waals surface area contributed by atoms with Gasteiger partial charge in [-0.2, -0.15) is 0 Å². The minimum Gasteiger partial charge on any atom is -0.497 e. The minimum absolute atomic E-state index is 0.144. The predicted molar refractivity (Wildman–Crippen MR) is 71.8 cm³/mol. The highest BCUT2D eigenvalue weighted by molar-refractivity contribution is 6.04. The highest BCUT2D eigenvalue weighted by Gasteiger charge is 2.05. The van der Waals surface area contributed by atoms with Gasteiger partial charge in [0.25, 0.3) is 5.91 Å². The molecule has 0 aliphatic carbocycles. The molecule has 0 atom stereocenters. The molecule has 0 unspecified atom stereocenters. The summed E-state index contributed by atoms with van der Waals surface area (Å²) >= 11 is 0. The quantitative estimate of drug-likeness (QED) is 0.895. The maximum atomic E-state index is 11.9. The molecule has 91 valence electrons. The molecule has 0 aromatic heterocycles. The van der Waals surface area contributed by atoms with Crippen LogP contribution in [-0.4, -0.2) is 13.0 Å². The predicted octanol–water partition coefficient (Wildman–Crippen LogP) is 3.13. The summed E-state index contributed by atoms with van der Waals surface area (Å²) in [5.41, 5.74) is 2.26. The van der Waals surface area contributed by atoms with Crippen molar-refractivity contribution in [3.63, 3.8) is 0 Å². The normalized spacial score (nSPS) is 9.89. The average molecular weight is 240 g/mol. The van der Waals surface area contributed by atoms with Crippen molar-refractivity contribution in [1.29, 1.82) is 0 Å². The van der Waals surface area contributed by atoms with Crippen molar-refractivity contribution in [2.24, 2.45) is 0 Å². The summed E-state index contributed by atoms with van der Waals surface area (Å²) < 4.78 is 5.04. The number of hydrogen-bond acceptors (Lipinski definition) is 2. The van der Waals surface area contributed by atoms with E-state index in [2.05, 4.69) is 12.2 Å². The van der Waals surface area contributed by atoms with Gasteiger partial charge in [-0.05, 0) is 48.9 Å². The molecule has 1 amide bonds. The van der Waals surface area contributed by atoms with Crippen LogP contribution in [0.1, 0.15) is 15.9 Å². The van der Waals surface area contributed by atoms with E-state index < -0.39 is 0 Å². The van der Waals surface area contributed by atoms with Crippen molar-refractivity contribution in [1.82, 2.24) is 0 Å². The third kappa shape index (κ3) is 2.88. The highest BCUT2D eigenvalue weighted by Crippen LogP contribution is 2.14. The Kier molecular flexibility index (Phi) is 3.63. The lowest BCUT2D eigenvalue weighted by Crippen LogP contribution is -2.11. The molecule has 0 spiro atoms. The number of benzene rings is 2. The van der Waals surface area contributed by atoms with Gasteiger partial charge < -0.3 is 10.1 Å². The Labute approximate surface area is 106 Å². The Hall–Kier alpha value is -2.29. The maximum absolute atomic E-state index is 11.9. The van der Waals surface area contributed by atoms with Gasteiger partial charge in [0, 0.05) is 11.3 Å². The molecule has 1 radical (unpaired) electrons. The standard InChI is InChI=1S/C15H14NO2/c1-11-3-7-13(8-4-11)16-15(17)12-5-9-14(18-2)10-6-12/h3-10H,1H2,2H3,(H,16,17). The first-order chi connectivity index (χ1) is 8.69. The number of hydrogen-bond donors (Lipinski definition) is 1. The molecular formula is C15H14NO2. The molecule has 3 nitrogen and oxygen atoms in total. The van der Waals surface area contributed by atoms with E-state index in [9.17, 15) is 4.79 Å². The first kappa shape index (κ1) is 12.2. The van der Waals surface area contributed by atoms with E-state index in [-0.39, 0.29) is 5.91 Å². The molecule has 0 aliphatic heterocycles. The third-order valence-electron chi connectivity index (χ3n) is 2.56. The summed E-state index contributed by atoms with van der Waals surface area (Å²) in [7, 11) is 1.59. The van der Waals surface area contributed by atoms with Crippen LogP contribution in [0.3, 0.4) is 0 Å². The first-order valence-corrected chi connectivity index (χ1v) is 5.56. The summed E-state index contributed by atoms with van der Waals surface area (Å²) in [5.74, 6) is 0.586. The molecule has 0 fully saturated rings. The van der Waals surface area contributed by atoms with Gasteiger partial charge in [0.15, 0.2) is 0 Å². The fourth-order valence-corrected chi connectivity index (χ4v) is 1.53. The number of nitrogens with one attached hydrogen (secondary N) is 1. The molecule has 2 aromatic carbocycles. The maximum Gasteiger partial charge on any atom is 0.255 e. The topological polar surface area (TPSA) is 38.3 Å². The van der Waals surface area contributed by atoms with Gasteiger partial charge in [0.2, 0.25) is 0 Å². The second-order valence-corrected chi connectivity index (χ2v) is 3.88. The van der Waals surface area contributed by atoms with Crippen LogP contribution >= 0.6 is 0 Å². The van der Waals surface area contributed by atoms with Crippen LogP contribution in [0, 0.1) is 6.92 Å². The lowest BCUT2D eigenvalue weighted by Gasteiger charge is -2.06. The number of ether oxygens (including phenoxy) is 1. The lowest BCUT2D eigenvalue weighted by molar-refractivity contribution is 0.102. The molecule has 0 saturated heterocycles. The summed E-state index contributed by atoms with van der Waals surface area (Å²) in [6.07, 6.45) is 0. The van der Waals surface area contributed by atoms with Crippen LogP contribution < -0.4 is 10.1 Å². The van der Waals surface area contributed by atoms with Gasteiger partial charge in [-0.25, -0.2) is 0 Å². The fraction of sp³-hybridized carbons (Fsp3) is 0.0667. The van der Waals surface area contributed by atoms with Crippen molar-refractivity contribution in [2.45, 2.75) is 0 Å². The molecule has 0 aliphatic rings. The number of rotatable bonds is 3. The van der Waals surface area contributed by atoms with Crippen molar-refractivity contribution in [3.05, 3.63) is 66.6 Å². The SMILES string of the molecule is [CH2]c1ccc(NC(=O)c2ccc(OC)cc2)cc1. The van der Waals surface area contributed by atoms with Gasteiger partial charge in [0.1, 0.15) is 5.75 Å². The van der Waals surface area contributed by atoms with E-state index in [0.717, 1.165) is 17.0 Å². The number of anilines is 1. The van der Waals surface area contributed by atoms with Crippen LogP contribution in [0.4, 0.5) is 5.69 Å². The van der Waals surface area contributed by atoms with E-state index in [4.69, 9.17) is 4.74 Å². The molecule has 1 N–H and O–H groups in total. The fourth-order valence-electron chi connectivity index (χ4n) is 1.53. The van der Waals surface area contributed by atoms with Crippen LogP contribution in [0.5, 0.6) is 5.75 Å². The number of carbonyl (C=O) groups excluding carboxylic acids is 1. The zero-order valence-electron chi connectivity index (χ0n) is 10.1. The number of methoxy groups -OCH3 is 1.